The number of ether oxygens (including phenoxy) is 2. The zero-order valence-electron chi connectivity index (χ0n) is 18.0. The molecule has 9 nitrogen and oxygen atoms in total. The molecule has 0 saturated carbocycles. The van der Waals surface area contributed by atoms with E-state index in [0.29, 0.717) is 16.3 Å². The number of fused-ring (bicyclic) bond motifs is 1. The van der Waals surface area contributed by atoms with Gasteiger partial charge in [0.2, 0.25) is 0 Å². The molecule has 0 unspecified atom stereocenters. The first kappa shape index (κ1) is 23.0. The van der Waals surface area contributed by atoms with Crippen LogP contribution in [0, 0.1) is 11.3 Å². The lowest BCUT2D eigenvalue weighted by Gasteiger charge is -2.24. The summed E-state index contributed by atoms with van der Waals surface area (Å²) in [6.07, 6.45) is 1.04. The van der Waals surface area contributed by atoms with E-state index < -0.39 is 23.4 Å². The summed E-state index contributed by atoms with van der Waals surface area (Å²) in [5.74, 6) is -1.48. The minimum atomic E-state index is -0.785. The Morgan fingerprint density at radius 1 is 1.24 bits per heavy atom. The Kier molecular flexibility index (Phi) is 6.36. The number of methoxy groups -OCH3 is 2. The first-order valence-corrected chi connectivity index (χ1v) is 11.5. The van der Waals surface area contributed by atoms with Crippen LogP contribution in [0.4, 0.5) is 5.69 Å². The normalized spacial score (nSPS) is 15.5. The van der Waals surface area contributed by atoms with Gasteiger partial charge in [0.1, 0.15) is 20.8 Å². The van der Waals surface area contributed by atoms with Crippen LogP contribution in [0.1, 0.15) is 10.8 Å². The number of allylic oxidation sites excluding steroid dienone is 1. The molecule has 3 aromatic rings. The van der Waals surface area contributed by atoms with Gasteiger partial charge in [0.15, 0.2) is 0 Å². The van der Waals surface area contributed by atoms with E-state index in [-0.39, 0.29) is 26.2 Å². The molecule has 2 aromatic heterocycles. The van der Waals surface area contributed by atoms with E-state index in [1.54, 1.807) is 36.4 Å². The van der Waals surface area contributed by atoms with E-state index in [4.69, 9.17) is 10.5 Å². The molecule has 0 radical (unpaired) electrons. The maximum Gasteiger partial charge on any atom is 0.332 e. The fraction of sp³-hybridized carbons (Fsp3) is 0.130. The number of nitrogens with zero attached hydrogens (tertiary/aromatic N) is 2. The number of benzene rings is 1. The number of thiazole rings is 1. The summed E-state index contributed by atoms with van der Waals surface area (Å²) in [6, 6.07) is 12.4. The van der Waals surface area contributed by atoms with Crippen molar-refractivity contribution in [3.8, 4) is 11.8 Å². The van der Waals surface area contributed by atoms with Crippen LogP contribution in [-0.2, 0) is 14.3 Å². The van der Waals surface area contributed by atoms with E-state index in [2.05, 4.69) is 16.1 Å². The Morgan fingerprint density at radius 2 is 1.97 bits per heavy atom. The van der Waals surface area contributed by atoms with Crippen molar-refractivity contribution < 1.29 is 19.1 Å². The van der Waals surface area contributed by atoms with Gasteiger partial charge in [0.25, 0.3) is 11.5 Å². The standard InChI is InChI=1S/C23H18N4O5S2/c1-31-13-7-5-12(6-8-13)26-21(29)19-18(15-4-3-9-33-15)14(11-24)20(25)27-22(30)16(34-23(19)27)10-17(28)32-2/h3-10,18H,25H2,1-2H3,(H,26,29)/b16-10-/t18-/m0/s1. The molecule has 0 spiro atoms. The van der Waals surface area contributed by atoms with Gasteiger partial charge < -0.3 is 20.5 Å². The molecule has 1 aliphatic heterocycles. The van der Waals surface area contributed by atoms with Crippen molar-refractivity contribution in [2.24, 2.45) is 5.73 Å². The summed E-state index contributed by atoms with van der Waals surface area (Å²) >= 11 is 2.29. The lowest BCUT2D eigenvalue weighted by atomic mass is 9.88. The largest absolute Gasteiger partial charge is 0.497 e. The van der Waals surface area contributed by atoms with Crippen LogP contribution < -0.4 is 30.5 Å². The molecule has 1 atom stereocenters. The van der Waals surface area contributed by atoms with Crippen molar-refractivity contribution >= 4 is 57.7 Å². The van der Waals surface area contributed by atoms with Gasteiger partial charge in [-0.1, -0.05) is 6.07 Å². The Balaban J connectivity index is 1.99. The summed E-state index contributed by atoms with van der Waals surface area (Å²) in [5, 5.41) is 14.6. The quantitative estimate of drug-likeness (QED) is 0.508. The predicted molar refractivity (Wildman–Crippen MR) is 129 cm³/mol. The average Bonchev–Trinajstić information content (AvgIpc) is 3.48. The number of amides is 1. The maximum absolute atomic E-state index is 13.6. The number of nitrogens with one attached hydrogen (secondary N) is 1. The number of carbonyl (C=O) groups is 2. The van der Waals surface area contributed by atoms with Gasteiger partial charge in [-0.25, -0.2) is 4.79 Å². The molecule has 0 bridgehead atoms. The van der Waals surface area contributed by atoms with Gasteiger partial charge in [-0.15, -0.1) is 22.7 Å². The summed E-state index contributed by atoms with van der Waals surface area (Å²) in [7, 11) is 2.73. The number of hydrogen-bond donors (Lipinski definition) is 2. The molecule has 1 aliphatic rings. The van der Waals surface area contributed by atoms with Gasteiger partial charge in [-0.05, 0) is 35.7 Å². The van der Waals surface area contributed by atoms with E-state index in [9.17, 15) is 19.6 Å². The lowest BCUT2D eigenvalue weighted by molar-refractivity contribution is -0.133. The molecule has 0 fully saturated rings. The summed E-state index contributed by atoms with van der Waals surface area (Å²) in [6.45, 7) is 0. The fourth-order valence-electron chi connectivity index (χ4n) is 3.55. The van der Waals surface area contributed by atoms with Gasteiger partial charge >= 0.3 is 5.97 Å². The van der Waals surface area contributed by atoms with E-state index >= 15 is 0 Å². The number of rotatable bonds is 5. The van der Waals surface area contributed by atoms with Crippen molar-refractivity contribution in [3.63, 3.8) is 0 Å². The highest BCUT2D eigenvalue weighted by atomic mass is 32.1. The number of hydrogen-bond acceptors (Lipinski definition) is 9. The zero-order valence-corrected chi connectivity index (χ0v) is 19.7. The van der Waals surface area contributed by atoms with Crippen LogP contribution >= 0.6 is 22.7 Å². The molecule has 0 saturated heterocycles. The van der Waals surface area contributed by atoms with Crippen molar-refractivity contribution in [2.45, 2.75) is 5.92 Å². The second kappa shape index (κ2) is 9.38. The summed E-state index contributed by atoms with van der Waals surface area (Å²) in [4.78, 5) is 39.2. The minimum Gasteiger partial charge on any atom is -0.497 e. The highest BCUT2D eigenvalue weighted by Crippen LogP contribution is 2.38. The third-order valence-electron chi connectivity index (χ3n) is 5.14. The van der Waals surface area contributed by atoms with Crippen molar-refractivity contribution in [1.82, 2.24) is 4.57 Å². The van der Waals surface area contributed by atoms with E-state index in [1.807, 2.05) is 5.38 Å². The predicted octanol–water partition coefficient (Wildman–Crippen LogP) is 1.17. The van der Waals surface area contributed by atoms with E-state index in [0.717, 1.165) is 22.0 Å². The van der Waals surface area contributed by atoms with Crippen molar-refractivity contribution in [3.05, 3.63) is 71.8 Å². The molecule has 34 heavy (non-hydrogen) atoms. The molecular formula is C23H18N4O5S2. The number of esters is 1. The number of nitriles is 1. The molecule has 172 valence electrons. The fourth-order valence-corrected chi connectivity index (χ4v) is 5.52. The lowest BCUT2D eigenvalue weighted by Crippen LogP contribution is -2.40. The number of carbonyl (C=O) groups excluding carboxylic acids is 2. The Hall–Kier alpha value is -4.14. The highest BCUT2D eigenvalue weighted by Gasteiger charge is 2.36. The first-order chi connectivity index (χ1) is 16.4. The molecule has 3 N–H and O–H groups in total. The monoisotopic (exact) mass is 494 g/mol. The second-order valence-corrected chi connectivity index (χ2v) is 9.04. The molecular weight excluding hydrogens is 476 g/mol. The highest BCUT2D eigenvalue weighted by molar-refractivity contribution is 7.10. The van der Waals surface area contributed by atoms with E-state index in [1.165, 1.54) is 25.6 Å². The van der Waals surface area contributed by atoms with Crippen LogP contribution in [0.5, 0.6) is 5.75 Å². The van der Waals surface area contributed by atoms with Crippen LogP contribution in [0.25, 0.3) is 17.5 Å². The van der Waals surface area contributed by atoms with Gasteiger partial charge in [-0.2, -0.15) is 5.26 Å². The van der Waals surface area contributed by atoms with Gasteiger partial charge in [0, 0.05) is 16.6 Å². The second-order valence-electron chi connectivity index (χ2n) is 7.03. The average molecular weight is 495 g/mol. The number of aromatic nitrogens is 1. The Labute approximate surface area is 201 Å². The van der Waals surface area contributed by atoms with Crippen molar-refractivity contribution in [2.75, 3.05) is 19.5 Å². The third-order valence-corrected chi connectivity index (χ3v) is 7.18. The Bertz CT molecular complexity index is 1520. The maximum atomic E-state index is 13.6. The van der Waals surface area contributed by atoms with Crippen LogP contribution in [0.15, 0.2) is 52.1 Å². The number of anilines is 1. The third kappa shape index (κ3) is 4.00. The molecule has 1 aromatic carbocycles. The Morgan fingerprint density at radius 3 is 2.56 bits per heavy atom. The topological polar surface area (TPSA) is 136 Å². The summed E-state index contributed by atoms with van der Waals surface area (Å²) in [5.41, 5.74) is 6.39. The van der Waals surface area contributed by atoms with Crippen LogP contribution in [0.2, 0.25) is 0 Å². The summed E-state index contributed by atoms with van der Waals surface area (Å²) < 4.78 is 11.2. The first-order valence-electron chi connectivity index (χ1n) is 9.84. The SMILES string of the molecule is COC(=O)/C=c1\sc2n(c1=O)C(N)=C(C#N)[C@@H](c1cccs1)C=2C(=O)Nc1ccc(OC)cc1. The van der Waals surface area contributed by atoms with Crippen LogP contribution in [0.3, 0.4) is 0 Å². The molecule has 11 heteroatoms. The number of thiophene rings is 1. The van der Waals surface area contributed by atoms with Gasteiger partial charge in [0.05, 0.1) is 37.4 Å². The minimum absolute atomic E-state index is 0.0312. The molecule has 3 heterocycles. The van der Waals surface area contributed by atoms with Crippen molar-refractivity contribution in [1.29, 1.82) is 5.26 Å². The van der Waals surface area contributed by atoms with Gasteiger partial charge in [-0.3, -0.25) is 14.2 Å². The van der Waals surface area contributed by atoms with Crippen LogP contribution in [-0.4, -0.2) is 30.7 Å². The molecule has 0 aliphatic carbocycles. The smallest absolute Gasteiger partial charge is 0.332 e. The molecule has 4 rings (SSSR count). The molecule has 1 amide bonds. The number of nitrogens with two attached hydrogens (primary N) is 1. The zero-order chi connectivity index (χ0) is 24.4.